The minimum Gasteiger partial charge on any atom is -0.506 e. The highest BCUT2D eigenvalue weighted by molar-refractivity contribution is 6.30. The maximum atomic E-state index is 13.6. The van der Waals surface area contributed by atoms with E-state index in [0.717, 1.165) is 36.4 Å². The topological polar surface area (TPSA) is 52.7 Å². The van der Waals surface area contributed by atoms with Gasteiger partial charge in [-0.05, 0) is 47.5 Å². The van der Waals surface area contributed by atoms with Crippen molar-refractivity contribution in [3.63, 3.8) is 0 Å². The van der Waals surface area contributed by atoms with Gasteiger partial charge in [0.1, 0.15) is 11.6 Å². The smallest absolute Gasteiger partial charge is 0.140 e. The van der Waals surface area contributed by atoms with E-state index < -0.39 is 0 Å². The lowest BCUT2D eigenvalue weighted by atomic mass is 10.0. The van der Waals surface area contributed by atoms with Crippen LogP contribution in [0.4, 0.5) is 15.8 Å². The molecule has 0 amide bonds. The van der Waals surface area contributed by atoms with Gasteiger partial charge in [0.15, 0.2) is 0 Å². The second-order valence-corrected chi connectivity index (χ2v) is 7.81. The van der Waals surface area contributed by atoms with Crippen LogP contribution < -0.4 is 10.6 Å². The molecule has 1 saturated heterocycles. The summed E-state index contributed by atoms with van der Waals surface area (Å²) < 4.78 is 13.6. The number of hydrogen-bond acceptors (Lipinski definition) is 4. The number of rotatable bonds is 4. The number of anilines is 2. The molecule has 3 N–H and O–H groups in total. The molecule has 1 atom stereocenters. The Bertz CT molecular complexity index is 996. The highest BCUT2D eigenvalue weighted by atomic mass is 35.5. The van der Waals surface area contributed by atoms with Gasteiger partial charge in [0.05, 0.1) is 11.7 Å². The molecule has 3 aromatic carbocycles. The summed E-state index contributed by atoms with van der Waals surface area (Å²) in [7, 11) is 0. The number of nitrogens with two attached hydrogens (primary N) is 1. The van der Waals surface area contributed by atoms with Gasteiger partial charge in [-0.2, -0.15) is 0 Å². The summed E-state index contributed by atoms with van der Waals surface area (Å²) in [6, 6.07) is 19.8. The van der Waals surface area contributed by atoms with Crippen molar-refractivity contribution in [1.29, 1.82) is 0 Å². The molecule has 4 nitrogen and oxygen atoms in total. The van der Waals surface area contributed by atoms with Crippen molar-refractivity contribution < 1.29 is 9.50 Å². The third-order valence-electron chi connectivity index (χ3n) is 5.32. The molecule has 0 aliphatic carbocycles. The van der Waals surface area contributed by atoms with Crippen LogP contribution in [0, 0.1) is 5.82 Å². The molecule has 0 bridgehead atoms. The van der Waals surface area contributed by atoms with Crippen molar-refractivity contribution in [2.75, 3.05) is 30.3 Å². The van der Waals surface area contributed by atoms with Gasteiger partial charge >= 0.3 is 0 Å². The lowest BCUT2D eigenvalue weighted by Crippen LogP contribution is -2.48. The van der Waals surface area contributed by atoms with Crippen molar-refractivity contribution >= 4 is 23.0 Å². The zero-order valence-corrected chi connectivity index (χ0v) is 16.7. The molecule has 1 aliphatic rings. The molecular formula is C23H23ClFN3O. The third-order valence-corrected chi connectivity index (χ3v) is 5.58. The maximum Gasteiger partial charge on any atom is 0.140 e. The first-order valence-corrected chi connectivity index (χ1v) is 9.95. The summed E-state index contributed by atoms with van der Waals surface area (Å²) in [5.41, 5.74) is 9.14. The molecule has 1 aliphatic heterocycles. The van der Waals surface area contributed by atoms with Crippen LogP contribution in [0.2, 0.25) is 5.02 Å². The van der Waals surface area contributed by atoms with Gasteiger partial charge in [-0.3, -0.25) is 4.90 Å². The zero-order chi connectivity index (χ0) is 20.4. The summed E-state index contributed by atoms with van der Waals surface area (Å²) in [6.45, 7) is 2.93. The summed E-state index contributed by atoms with van der Waals surface area (Å²) >= 11 is 6.08. The second-order valence-electron chi connectivity index (χ2n) is 7.37. The molecular weight excluding hydrogens is 389 g/mol. The van der Waals surface area contributed by atoms with Crippen molar-refractivity contribution in [2.45, 2.75) is 12.6 Å². The Morgan fingerprint density at radius 1 is 1.03 bits per heavy atom. The van der Waals surface area contributed by atoms with Crippen LogP contribution in [-0.4, -0.2) is 29.6 Å². The molecule has 0 aromatic heterocycles. The fraction of sp³-hybridized carbons (Fsp3) is 0.217. The number of nitrogens with zero attached hydrogens (tertiary/aromatic N) is 2. The van der Waals surface area contributed by atoms with E-state index >= 15 is 0 Å². The van der Waals surface area contributed by atoms with Crippen molar-refractivity contribution in [3.05, 3.63) is 88.7 Å². The largest absolute Gasteiger partial charge is 0.506 e. The molecule has 1 unspecified atom stereocenters. The fourth-order valence-electron chi connectivity index (χ4n) is 3.92. The van der Waals surface area contributed by atoms with Gasteiger partial charge in [-0.1, -0.05) is 35.9 Å². The first-order chi connectivity index (χ1) is 14.0. The van der Waals surface area contributed by atoms with Crippen molar-refractivity contribution in [2.24, 2.45) is 0 Å². The average Bonchev–Trinajstić information content (AvgIpc) is 2.69. The summed E-state index contributed by atoms with van der Waals surface area (Å²) in [6.07, 6.45) is 0. The molecule has 0 spiro atoms. The van der Waals surface area contributed by atoms with E-state index in [-0.39, 0.29) is 17.6 Å². The SMILES string of the molecule is Nc1ccc(N2CCN(Cc3cccc(F)c3)CC2c2ccc(Cl)cc2)c(O)c1. The Labute approximate surface area is 174 Å². The number of piperazine rings is 1. The van der Waals surface area contributed by atoms with Gasteiger partial charge < -0.3 is 15.7 Å². The van der Waals surface area contributed by atoms with E-state index in [0.29, 0.717) is 17.3 Å². The highest BCUT2D eigenvalue weighted by Gasteiger charge is 2.30. The number of benzene rings is 3. The van der Waals surface area contributed by atoms with Crippen LogP contribution in [0.25, 0.3) is 0 Å². The molecule has 1 fully saturated rings. The van der Waals surface area contributed by atoms with Crippen LogP contribution in [0.3, 0.4) is 0 Å². The lowest BCUT2D eigenvalue weighted by molar-refractivity contribution is 0.214. The predicted molar refractivity (Wildman–Crippen MR) is 116 cm³/mol. The van der Waals surface area contributed by atoms with Crippen LogP contribution >= 0.6 is 11.6 Å². The van der Waals surface area contributed by atoms with Gasteiger partial charge in [-0.25, -0.2) is 4.39 Å². The molecule has 29 heavy (non-hydrogen) atoms. The summed E-state index contributed by atoms with van der Waals surface area (Å²) in [5, 5.41) is 11.2. The summed E-state index contributed by atoms with van der Waals surface area (Å²) in [4.78, 5) is 4.50. The molecule has 0 radical (unpaired) electrons. The minimum absolute atomic E-state index is 0.0177. The van der Waals surface area contributed by atoms with Crippen LogP contribution in [0.1, 0.15) is 17.2 Å². The Hall–Kier alpha value is -2.76. The Kier molecular flexibility index (Phi) is 5.60. The van der Waals surface area contributed by atoms with Gasteiger partial charge in [0.25, 0.3) is 0 Å². The maximum absolute atomic E-state index is 13.6. The van der Waals surface area contributed by atoms with Crippen molar-refractivity contribution in [1.82, 2.24) is 4.90 Å². The third kappa shape index (κ3) is 4.47. The standard InChI is InChI=1S/C23H23ClFN3O/c24-18-6-4-17(5-7-18)22-15-27(14-16-2-1-3-19(25)12-16)10-11-28(22)21-9-8-20(26)13-23(21)29/h1-9,12-13,22,29H,10-11,14-15,26H2. The molecule has 0 saturated carbocycles. The Balaban J connectivity index is 1.63. The van der Waals surface area contributed by atoms with E-state index in [9.17, 15) is 9.50 Å². The number of phenolic OH excluding ortho intramolecular Hbond substituents is 1. The Morgan fingerprint density at radius 2 is 1.83 bits per heavy atom. The molecule has 1 heterocycles. The van der Waals surface area contributed by atoms with E-state index in [1.807, 2.05) is 36.4 Å². The highest BCUT2D eigenvalue weighted by Crippen LogP contribution is 2.37. The minimum atomic E-state index is -0.220. The van der Waals surface area contributed by atoms with Gasteiger partial charge in [-0.15, -0.1) is 0 Å². The first kappa shape index (κ1) is 19.6. The molecule has 4 rings (SSSR count). The van der Waals surface area contributed by atoms with Crippen LogP contribution in [-0.2, 0) is 6.54 Å². The zero-order valence-electron chi connectivity index (χ0n) is 15.9. The van der Waals surface area contributed by atoms with Crippen molar-refractivity contribution in [3.8, 4) is 5.75 Å². The number of phenols is 1. The number of halogens is 2. The van der Waals surface area contributed by atoms with Crippen LogP contribution in [0.15, 0.2) is 66.7 Å². The van der Waals surface area contributed by atoms with Crippen LogP contribution in [0.5, 0.6) is 5.75 Å². The normalized spacial score (nSPS) is 17.4. The van der Waals surface area contributed by atoms with Gasteiger partial charge in [0.2, 0.25) is 0 Å². The fourth-order valence-corrected chi connectivity index (χ4v) is 4.04. The number of nitrogen functional groups attached to an aromatic ring is 1. The van der Waals surface area contributed by atoms with E-state index in [4.69, 9.17) is 17.3 Å². The molecule has 6 heteroatoms. The molecule has 150 valence electrons. The number of hydrogen-bond donors (Lipinski definition) is 2. The first-order valence-electron chi connectivity index (χ1n) is 9.57. The quantitative estimate of drug-likeness (QED) is 0.604. The van der Waals surface area contributed by atoms with Gasteiger partial charge in [0, 0.05) is 43.0 Å². The average molecular weight is 412 g/mol. The van der Waals surface area contributed by atoms with E-state index in [2.05, 4.69) is 9.80 Å². The monoisotopic (exact) mass is 411 g/mol. The summed E-state index contributed by atoms with van der Waals surface area (Å²) in [5.74, 6) is -0.0512. The second kappa shape index (κ2) is 8.31. The van der Waals surface area contributed by atoms with E-state index in [1.165, 1.54) is 6.07 Å². The predicted octanol–water partition coefficient (Wildman–Crippen LogP) is 4.83. The Morgan fingerprint density at radius 3 is 2.55 bits per heavy atom. The lowest BCUT2D eigenvalue weighted by Gasteiger charge is -2.43. The number of aromatic hydroxyl groups is 1. The van der Waals surface area contributed by atoms with E-state index in [1.54, 1.807) is 24.3 Å². The molecule has 3 aromatic rings.